The number of benzene rings is 1. The second-order valence-corrected chi connectivity index (χ2v) is 3.97. The lowest BCUT2D eigenvalue weighted by atomic mass is 10.1. The second-order valence-electron chi connectivity index (χ2n) is 3.97. The summed E-state index contributed by atoms with van der Waals surface area (Å²) in [7, 11) is 0. The molecule has 1 rings (SSSR count). The maximum absolute atomic E-state index is 13.4. The van der Waals surface area contributed by atoms with Crippen LogP contribution in [0.15, 0.2) is 18.2 Å². The van der Waals surface area contributed by atoms with E-state index in [0.717, 1.165) is 19.2 Å². The zero-order valence-corrected chi connectivity index (χ0v) is 10.3. The van der Waals surface area contributed by atoms with Crippen molar-refractivity contribution in [2.24, 2.45) is 0 Å². The lowest BCUT2D eigenvalue weighted by Gasteiger charge is -2.20. The van der Waals surface area contributed by atoms with Crippen molar-refractivity contribution >= 4 is 0 Å². The van der Waals surface area contributed by atoms with Gasteiger partial charge in [-0.1, -0.05) is 26.0 Å². The largest absolute Gasteiger partial charge is 0.388 e. The van der Waals surface area contributed by atoms with Crippen LogP contribution < -0.4 is 0 Å². The Hall–Kier alpha value is -1.00. The first kappa shape index (κ1) is 14.1. The van der Waals surface area contributed by atoms with Crippen molar-refractivity contribution in [1.82, 2.24) is 4.90 Å². The zero-order valence-electron chi connectivity index (χ0n) is 10.3. The first-order chi connectivity index (χ1) is 8.10. The van der Waals surface area contributed by atoms with Gasteiger partial charge in [0.05, 0.1) is 6.10 Å². The van der Waals surface area contributed by atoms with Crippen LogP contribution in [-0.2, 0) is 0 Å². The molecule has 0 radical (unpaired) electrons. The minimum absolute atomic E-state index is 0.0390. The quantitative estimate of drug-likeness (QED) is 0.830. The highest BCUT2D eigenvalue weighted by molar-refractivity contribution is 5.21. The highest BCUT2D eigenvalue weighted by Crippen LogP contribution is 2.21. The molecule has 1 aromatic carbocycles. The van der Waals surface area contributed by atoms with Gasteiger partial charge in [-0.2, -0.15) is 0 Å². The van der Waals surface area contributed by atoms with Gasteiger partial charge in [0.25, 0.3) is 0 Å². The monoisotopic (exact) mass is 243 g/mol. The number of aliphatic hydroxyl groups is 1. The maximum Gasteiger partial charge on any atom is 0.164 e. The van der Waals surface area contributed by atoms with Crippen LogP contribution in [0.5, 0.6) is 0 Å². The van der Waals surface area contributed by atoms with Crippen LogP contribution >= 0.6 is 0 Å². The van der Waals surface area contributed by atoms with E-state index in [1.165, 1.54) is 12.1 Å². The van der Waals surface area contributed by atoms with Crippen LogP contribution in [0, 0.1) is 11.6 Å². The molecule has 0 heterocycles. The molecule has 96 valence electrons. The molecule has 0 aromatic heterocycles. The zero-order chi connectivity index (χ0) is 12.8. The average Bonchev–Trinajstić information content (AvgIpc) is 2.33. The van der Waals surface area contributed by atoms with E-state index in [-0.39, 0.29) is 5.56 Å². The first-order valence-corrected chi connectivity index (χ1v) is 5.94. The second kappa shape index (κ2) is 6.67. The highest BCUT2D eigenvalue weighted by atomic mass is 19.2. The van der Waals surface area contributed by atoms with Gasteiger partial charge in [-0.15, -0.1) is 0 Å². The highest BCUT2D eigenvalue weighted by Gasteiger charge is 2.16. The Morgan fingerprint density at radius 1 is 1.24 bits per heavy atom. The van der Waals surface area contributed by atoms with Gasteiger partial charge in [-0.25, -0.2) is 8.78 Å². The summed E-state index contributed by atoms with van der Waals surface area (Å²) in [5.41, 5.74) is 0.0390. The number of rotatable bonds is 6. The van der Waals surface area contributed by atoms with E-state index in [9.17, 15) is 13.9 Å². The van der Waals surface area contributed by atoms with Crippen molar-refractivity contribution in [3.05, 3.63) is 35.4 Å². The van der Waals surface area contributed by atoms with E-state index in [2.05, 4.69) is 4.90 Å². The summed E-state index contributed by atoms with van der Waals surface area (Å²) in [5.74, 6) is -1.86. The fraction of sp³-hybridized carbons (Fsp3) is 0.538. The Kier molecular flexibility index (Phi) is 5.51. The van der Waals surface area contributed by atoms with E-state index >= 15 is 0 Å². The molecule has 0 aliphatic rings. The normalized spacial score (nSPS) is 13.1. The summed E-state index contributed by atoms with van der Waals surface area (Å²) in [6, 6.07) is 3.88. The lowest BCUT2D eigenvalue weighted by molar-refractivity contribution is 0.140. The van der Waals surface area contributed by atoms with E-state index in [1.807, 2.05) is 13.8 Å². The molecule has 0 aliphatic heterocycles. The van der Waals surface area contributed by atoms with Gasteiger partial charge in [0, 0.05) is 12.1 Å². The molecule has 1 atom stereocenters. The summed E-state index contributed by atoms with van der Waals surface area (Å²) in [4.78, 5) is 2.13. The molecule has 0 fully saturated rings. The SMILES string of the molecule is CCN(CC)CCC(O)c1cccc(F)c1F. The first-order valence-electron chi connectivity index (χ1n) is 5.94. The Morgan fingerprint density at radius 3 is 2.47 bits per heavy atom. The molecule has 2 nitrogen and oxygen atoms in total. The third-order valence-corrected chi connectivity index (χ3v) is 2.95. The molecule has 4 heteroatoms. The summed E-state index contributed by atoms with van der Waals surface area (Å²) in [6.07, 6.45) is -0.548. The molecule has 0 saturated carbocycles. The third-order valence-electron chi connectivity index (χ3n) is 2.95. The summed E-state index contributed by atoms with van der Waals surface area (Å²) in [5, 5.41) is 9.83. The molecule has 0 spiro atoms. The number of hydrogen-bond donors (Lipinski definition) is 1. The van der Waals surface area contributed by atoms with Gasteiger partial charge in [-0.3, -0.25) is 0 Å². The Bertz CT molecular complexity index is 353. The molecule has 17 heavy (non-hydrogen) atoms. The molecule has 1 aromatic rings. The molecule has 1 N–H and O–H groups in total. The summed E-state index contributed by atoms with van der Waals surface area (Å²) >= 11 is 0. The Morgan fingerprint density at radius 2 is 1.88 bits per heavy atom. The maximum atomic E-state index is 13.4. The number of nitrogens with zero attached hydrogens (tertiary/aromatic N) is 1. The van der Waals surface area contributed by atoms with Gasteiger partial charge in [0.2, 0.25) is 0 Å². The lowest BCUT2D eigenvalue weighted by Crippen LogP contribution is -2.25. The van der Waals surface area contributed by atoms with Gasteiger partial charge in [0.15, 0.2) is 11.6 Å². The van der Waals surface area contributed by atoms with Gasteiger partial charge < -0.3 is 10.0 Å². The van der Waals surface area contributed by atoms with Crippen molar-refractivity contribution in [2.75, 3.05) is 19.6 Å². The van der Waals surface area contributed by atoms with Crippen LogP contribution in [0.1, 0.15) is 31.9 Å². The molecule has 0 aliphatic carbocycles. The standard InChI is InChI=1S/C13H19F2NO/c1-3-16(4-2)9-8-12(17)10-6-5-7-11(14)13(10)15/h5-7,12,17H,3-4,8-9H2,1-2H3. The minimum Gasteiger partial charge on any atom is -0.388 e. The van der Waals surface area contributed by atoms with Crippen molar-refractivity contribution < 1.29 is 13.9 Å². The number of hydrogen-bond acceptors (Lipinski definition) is 2. The van der Waals surface area contributed by atoms with Crippen molar-refractivity contribution in [2.45, 2.75) is 26.4 Å². The van der Waals surface area contributed by atoms with Crippen LogP contribution in [0.4, 0.5) is 8.78 Å². The van der Waals surface area contributed by atoms with Crippen LogP contribution in [-0.4, -0.2) is 29.6 Å². The van der Waals surface area contributed by atoms with Crippen molar-refractivity contribution in [3.63, 3.8) is 0 Å². The predicted octanol–water partition coefficient (Wildman–Crippen LogP) is 2.73. The van der Waals surface area contributed by atoms with Crippen molar-refractivity contribution in [1.29, 1.82) is 0 Å². The van der Waals surface area contributed by atoms with Gasteiger partial charge in [0.1, 0.15) is 0 Å². The van der Waals surface area contributed by atoms with E-state index in [4.69, 9.17) is 0 Å². The fourth-order valence-corrected chi connectivity index (χ4v) is 1.78. The van der Waals surface area contributed by atoms with Crippen LogP contribution in [0.25, 0.3) is 0 Å². The smallest absolute Gasteiger partial charge is 0.164 e. The van der Waals surface area contributed by atoms with Gasteiger partial charge >= 0.3 is 0 Å². The Labute approximate surface area is 101 Å². The van der Waals surface area contributed by atoms with Crippen molar-refractivity contribution in [3.8, 4) is 0 Å². The van der Waals surface area contributed by atoms with E-state index < -0.39 is 17.7 Å². The Balaban J connectivity index is 2.63. The number of aliphatic hydroxyl groups excluding tert-OH is 1. The molecule has 1 unspecified atom stereocenters. The molecular formula is C13H19F2NO. The third kappa shape index (κ3) is 3.75. The summed E-state index contributed by atoms with van der Waals surface area (Å²) < 4.78 is 26.4. The van der Waals surface area contributed by atoms with E-state index in [1.54, 1.807) is 0 Å². The fourth-order valence-electron chi connectivity index (χ4n) is 1.78. The predicted molar refractivity (Wildman–Crippen MR) is 63.7 cm³/mol. The van der Waals surface area contributed by atoms with E-state index in [0.29, 0.717) is 13.0 Å². The molecule has 0 saturated heterocycles. The summed E-state index contributed by atoms with van der Waals surface area (Å²) in [6.45, 7) is 6.49. The molecule has 0 bridgehead atoms. The minimum atomic E-state index is -0.953. The molecular weight excluding hydrogens is 224 g/mol. The van der Waals surface area contributed by atoms with Crippen LogP contribution in [0.2, 0.25) is 0 Å². The number of halogens is 2. The topological polar surface area (TPSA) is 23.5 Å². The average molecular weight is 243 g/mol. The van der Waals surface area contributed by atoms with Crippen LogP contribution in [0.3, 0.4) is 0 Å². The molecule has 0 amide bonds. The van der Waals surface area contributed by atoms with Gasteiger partial charge in [-0.05, 0) is 25.6 Å².